The van der Waals surface area contributed by atoms with Crippen molar-refractivity contribution in [3.8, 4) is 0 Å². The van der Waals surface area contributed by atoms with Crippen molar-refractivity contribution in [3.05, 3.63) is 0 Å². The Hall–Kier alpha value is 1.49. The molecule has 0 heterocycles. The normalized spacial score (nSPS) is 22.8. The molecule has 0 amide bonds. The predicted molar refractivity (Wildman–Crippen MR) is 31.3 cm³/mol. The third-order valence-corrected chi connectivity index (χ3v) is 2.29. The van der Waals surface area contributed by atoms with Crippen LogP contribution in [-0.2, 0) is 0 Å². The Morgan fingerprint density at radius 3 is 1.60 bits per heavy atom. The monoisotopic (exact) mass is 176 g/mol. The van der Waals surface area contributed by atoms with Crippen LogP contribution in [0.4, 0.5) is 12.9 Å². The molecular weight excluding hydrogens is 167 g/mol. The van der Waals surface area contributed by atoms with Gasteiger partial charge in [-0.25, -0.2) is 0 Å². The van der Waals surface area contributed by atoms with Gasteiger partial charge in [0.1, 0.15) is 0 Å². The van der Waals surface area contributed by atoms with E-state index >= 15 is 0 Å². The van der Waals surface area contributed by atoms with Crippen LogP contribution in [0.25, 0.3) is 0 Å². The van der Waals surface area contributed by atoms with Gasteiger partial charge >= 0.3 is 58.4 Å². The zero-order chi connectivity index (χ0) is 7.12. The summed E-state index contributed by atoms with van der Waals surface area (Å²) in [4.78, 5) is 0. The van der Waals surface area contributed by atoms with Crippen molar-refractivity contribution < 1.29 is 64.3 Å². The van der Waals surface area contributed by atoms with E-state index in [2.05, 4.69) is 0 Å². The van der Waals surface area contributed by atoms with E-state index < -0.39 is 12.3 Å². The molecule has 1 rings (SSSR count). The molecule has 1 aliphatic rings. The summed E-state index contributed by atoms with van der Waals surface area (Å²) in [6.07, 6.45) is 1.44. The van der Waals surface area contributed by atoms with E-state index in [1.165, 1.54) is 6.92 Å². The van der Waals surface area contributed by atoms with E-state index in [1.54, 1.807) is 0 Å². The Balaban J connectivity index is 0.000000810. The van der Waals surface area contributed by atoms with Gasteiger partial charge in [-0.15, -0.1) is 0 Å². The molecule has 10 heavy (non-hydrogen) atoms. The van der Waals surface area contributed by atoms with Crippen LogP contribution in [0, 0.1) is 0 Å². The van der Waals surface area contributed by atoms with Gasteiger partial charge in [-0.05, 0) is 0 Å². The van der Waals surface area contributed by atoms with Crippen molar-refractivity contribution in [2.45, 2.75) is 31.5 Å². The van der Waals surface area contributed by atoms with Gasteiger partial charge in [0.05, 0.1) is 0 Å². The van der Waals surface area contributed by atoms with Crippen LogP contribution in [0.5, 0.6) is 0 Å². The topological polar surface area (TPSA) is 0 Å². The molecule has 1 aliphatic carbocycles. The Kier molecular flexibility index (Phi) is 3.99. The molecule has 1 saturated carbocycles. The SMILES string of the molecule is CC1([B-](F)(F)F)CCC1.[K+]. The van der Waals surface area contributed by atoms with Gasteiger partial charge in [0.25, 0.3) is 0 Å². The summed E-state index contributed by atoms with van der Waals surface area (Å²) in [5.74, 6) is 0. The first-order chi connectivity index (χ1) is 3.96. The minimum Gasteiger partial charge on any atom is -0.449 e. The second-order valence-corrected chi connectivity index (χ2v) is 3.08. The summed E-state index contributed by atoms with van der Waals surface area (Å²) in [6, 6.07) is 0. The van der Waals surface area contributed by atoms with Crippen LogP contribution < -0.4 is 51.4 Å². The van der Waals surface area contributed by atoms with Crippen LogP contribution in [0.2, 0.25) is 5.31 Å². The minimum absolute atomic E-state index is 0. The van der Waals surface area contributed by atoms with Gasteiger partial charge in [-0.3, -0.25) is 0 Å². The molecule has 0 aromatic carbocycles. The van der Waals surface area contributed by atoms with Crippen LogP contribution in [0.3, 0.4) is 0 Å². The largest absolute Gasteiger partial charge is 1.00 e. The van der Waals surface area contributed by atoms with Gasteiger partial charge in [-0.1, -0.05) is 31.5 Å². The first-order valence-electron chi connectivity index (χ1n) is 3.15. The van der Waals surface area contributed by atoms with Gasteiger partial charge in [0.15, 0.2) is 0 Å². The van der Waals surface area contributed by atoms with E-state index in [-0.39, 0.29) is 51.4 Å². The van der Waals surface area contributed by atoms with E-state index in [1.807, 2.05) is 0 Å². The number of halogens is 3. The average molecular weight is 176 g/mol. The average Bonchev–Trinajstić information content (AvgIpc) is 1.57. The molecule has 54 valence electrons. The Bertz CT molecular complexity index is 119. The maximum atomic E-state index is 11.9. The standard InChI is InChI=1S/C5H9BF3.K/c1-5(3-2-4-5)6(7,8)9;/h2-4H2,1H3;/q-1;+1. The van der Waals surface area contributed by atoms with Gasteiger partial charge in [0.2, 0.25) is 0 Å². The molecule has 0 N–H and O–H groups in total. The fraction of sp³-hybridized carbons (Fsp3) is 1.00. The van der Waals surface area contributed by atoms with E-state index in [4.69, 9.17) is 0 Å². The maximum Gasteiger partial charge on any atom is 1.00 e. The zero-order valence-corrected chi connectivity index (χ0v) is 9.46. The van der Waals surface area contributed by atoms with Crippen LogP contribution in [0.1, 0.15) is 26.2 Å². The third-order valence-electron chi connectivity index (χ3n) is 2.29. The van der Waals surface area contributed by atoms with Crippen molar-refractivity contribution in [1.82, 2.24) is 0 Å². The number of rotatable bonds is 1. The summed E-state index contributed by atoms with van der Waals surface area (Å²) in [7, 11) is 0. The molecule has 0 bridgehead atoms. The minimum atomic E-state index is -4.57. The quantitative estimate of drug-likeness (QED) is 0.484. The number of hydrogen-bond acceptors (Lipinski definition) is 0. The summed E-state index contributed by atoms with van der Waals surface area (Å²) in [5.41, 5.74) is 0. The van der Waals surface area contributed by atoms with Crippen molar-refractivity contribution >= 4 is 6.98 Å². The molecule has 0 unspecified atom stereocenters. The van der Waals surface area contributed by atoms with Gasteiger partial charge < -0.3 is 12.9 Å². The summed E-state index contributed by atoms with van der Waals surface area (Å²) < 4.78 is 35.8. The second-order valence-electron chi connectivity index (χ2n) is 3.08. The zero-order valence-electron chi connectivity index (χ0n) is 6.33. The maximum absolute atomic E-state index is 11.9. The smallest absolute Gasteiger partial charge is 0.449 e. The summed E-state index contributed by atoms with van der Waals surface area (Å²) in [5, 5.41) is -1.28. The summed E-state index contributed by atoms with van der Waals surface area (Å²) >= 11 is 0. The molecule has 0 aliphatic heterocycles. The van der Waals surface area contributed by atoms with Crippen LogP contribution in [0.15, 0.2) is 0 Å². The number of hydrogen-bond donors (Lipinski definition) is 0. The van der Waals surface area contributed by atoms with Crippen molar-refractivity contribution in [3.63, 3.8) is 0 Å². The summed E-state index contributed by atoms with van der Waals surface area (Å²) in [6.45, 7) is -3.25. The van der Waals surface area contributed by atoms with Crippen LogP contribution >= 0.6 is 0 Å². The van der Waals surface area contributed by atoms with Gasteiger partial charge in [0, 0.05) is 0 Å². The van der Waals surface area contributed by atoms with Crippen molar-refractivity contribution in [1.29, 1.82) is 0 Å². The molecule has 0 radical (unpaired) electrons. The molecule has 0 saturated heterocycles. The Morgan fingerprint density at radius 2 is 1.60 bits per heavy atom. The third kappa shape index (κ3) is 2.00. The molecular formula is C5H9BF3K. The second kappa shape index (κ2) is 3.48. The fourth-order valence-electron chi connectivity index (χ4n) is 1.06. The van der Waals surface area contributed by atoms with Crippen molar-refractivity contribution in [2.24, 2.45) is 0 Å². The van der Waals surface area contributed by atoms with Crippen molar-refractivity contribution in [2.75, 3.05) is 0 Å². The Morgan fingerprint density at radius 1 is 1.20 bits per heavy atom. The molecule has 5 heteroatoms. The fourth-order valence-corrected chi connectivity index (χ4v) is 1.06. The molecule has 0 nitrogen and oxygen atoms in total. The molecule has 0 spiro atoms. The predicted octanol–water partition coefficient (Wildman–Crippen LogP) is -0.218. The molecule has 0 aromatic rings. The molecule has 1 fully saturated rings. The molecule has 0 atom stereocenters. The first-order valence-corrected chi connectivity index (χ1v) is 3.15. The molecule has 0 aromatic heterocycles. The van der Waals surface area contributed by atoms with E-state index in [0.29, 0.717) is 12.8 Å². The first kappa shape index (κ1) is 11.5. The van der Waals surface area contributed by atoms with Crippen LogP contribution in [-0.4, -0.2) is 6.98 Å². The Labute approximate surface area is 101 Å². The van der Waals surface area contributed by atoms with E-state index in [9.17, 15) is 12.9 Å². The van der Waals surface area contributed by atoms with E-state index in [0.717, 1.165) is 6.42 Å². The van der Waals surface area contributed by atoms with Gasteiger partial charge in [-0.2, -0.15) is 0 Å².